The fourth-order valence-corrected chi connectivity index (χ4v) is 2.37. The fraction of sp³-hybridized carbons (Fsp3) is 0.909. The molecule has 2 aliphatic rings. The monoisotopic (exact) mass is 243 g/mol. The second-order valence-electron chi connectivity index (χ2n) is 4.83. The minimum atomic E-state index is -0.569. The normalized spacial score (nSPS) is 35.2. The molecular formula is C11H21N3O3. The predicted molar refractivity (Wildman–Crippen MR) is 62.4 cm³/mol. The molecule has 2 rings (SSSR count). The van der Waals surface area contributed by atoms with Gasteiger partial charge in [-0.3, -0.25) is 9.69 Å². The van der Waals surface area contributed by atoms with E-state index in [0.717, 1.165) is 26.2 Å². The van der Waals surface area contributed by atoms with E-state index in [-0.39, 0.29) is 18.1 Å². The molecule has 0 saturated carbocycles. The van der Waals surface area contributed by atoms with E-state index in [2.05, 4.69) is 4.90 Å². The molecule has 0 spiro atoms. The van der Waals surface area contributed by atoms with E-state index < -0.39 is 6.10 Å². The van der Waals surface area contributed by atoms with Crippen LogP contribution in [0.1, 0.15) is 6.92 Å². The number of nitrogens with zero attached hydrogens (tertiary/aromatic N) is 2. The summed E-state index contributed by atoms with van der Waals surface area (Å²) in [4.78, 5) is 15.2. The number of rotatable bonds is 2. The highest BCUT2D eigenvalue weighted by Crippen LogP contribution is 2.15. The van der Waals surface area contributed by atoms with Gasteiger partial charge in [0.05, 0.1) is 24.9 Å². The number of aliphatic hydroxyl groups excluding tert-OH is 1. The first-order chi connectivity index (χ1) is 8.08. The van der Waals surface area contributed by atoms with Gasteiger partial charge in [-0.05, 0) is 0 Å². The van der Waals surface area contributed by atoms with E-state index in [1.165, 1.54) is 0 Å². The van der Waals surface area contributed by atoms with E-state index in [0.29, 0.717) is 13.2 Å². The van der Waals surface area contributed by atoms with Crippen molar-refractivity contribution in [1.29, 1.82) is 0 Å². The Hall–Kier alpha value is -0.690. The molecule has 3 unspecified atom stereocenters. The molecule has 1 amide bonds. The van der Waals surface area contributed by atoms with Gasteiger partial charge >= 0.3 is 0 Å². The van der Waals surface area contributed by atoms with Gasteiger partial charge in [0.25, 0.3) is 0 Å². The van der Waals surface area contributed by atoms with Crippen molar-refractivity contribution < 1.29 is 14.6 Å². The molecule has 98 valence electrons. The second-order valence-corrected chi connectivity index (χ2v) is 4.83. The summed E-state index contributed by atoms with van der Waals surface area (Å²) < 4.78 is 5.46. The molecule has 0 aromatic carbocycles. The standard InChI is InChI=1S/C11H21N3O3/c1-8(15)14-4-2-13(3-5-14)6-10-11(16)9(12)7-17-10/h9-11,16H,2-7,12H2,1H3. The highest BCUT2D eigenvalue weighted by molar-refractivity contribution is 5.73. The number of amides is 1. The lowest BCUT2D eigenvalue weighted by molar-refractivity contribution is -0.130. The van der Waals surface area contributed by atoms with Gasteiger partial charge in [0.2, 0.25) is 5.91 Å². The van der Waals surface area contributed by atoms with Gasteiger partial charge in [-0.2, -0.15) is 0 Å². The fourth-order valence-electron chi connectivity index (χ4n) is 2.37. The van der Waals surface area contributed by atoms with Gasteiger partial charge in [-0.15, -0.1) is 0 Å². The Morgan fingerprint density at radius 3 is 2.53 bits per heavy atom. The van der Waals surface area contributed by atoms with Gasteiger partial charge in [-0.1, -0.05) is 0 Å². The van der Waals surface area contributed by atoms with Gasteiger partial charge in [-0.25, -0.2) is 0 Å². The number of carbonyl (C=O) groups is 1. The van der Waals surface area contributed by atoms with Gasteiger partial charge in [0.1, 0.15) is 0 Å². The summed E-state index contributed by atoms with van der Waals surface area (Å²) in [5.41, 5.74) is 5.69. The van der Waals surface area contributed by atoms with E-state index >= 15 is 0 Å². The molecule has 2 fully saturated rings. The maximum absolute atomic E-state index is 11.2. The maximum Gasteiger partial charge on any atom is 0.219 e. The Morgan fingerprint density at radius 1 is 1.41 bits per heavy atom. The first-order valence-electron chi connectivity index (χ1n) is 6.11. The number of nitrogens with two attached hydrogens (primary N) is 1. The highest BCUT2D eigenvalue weighted by atomic mass is 16.5. The molecule has 0 bridgehead atoms. The third kappa shape index (κ3) is 2.95. The van der Waals surface area contributed by atoms with Crippen molar-refractivity contribution in [3.05, 3.63) is 0 Å². The van der Waals surface area contributed by atoms with Crippen LogP contribution in [0.5, 0.6) is 0 Å². The zero-order valence-electron chi connectivity index (χ0n) is 10.2. The van der Waals surface area contributed by atoms with Crippen LogP contribution in [0.15, 0.2) is 0 Å². The van der Waals surface area contributed by atoms with E-state index in [9.17, 15) is 9.90 Å². The van der Waals surface area contributed by atoms with Crippen LogP contribution < -0.4 is 5.73 Å². The number of hydrogen-bond acceptors (Lipinski definition) is 5. The van der Waals surface area contributed by atoms with Crippen LogP contribution >= 0.6 is 0 Å². The molecule has 2 aliphatic heterocycles. The van der Waals surface area contributed by atoms with Crippen LogP contribution in [0, 0.1) is 0 Å². The van der Waals surface area contributed by atoms with Crippen LogP contribution in [0.25, 0.3) is 0 Å². The Kier molecular flexibility index (Phi) is 3.98. The molecule has 0 radical (unpaired) electrons. The topological polar surface area (TPSA) is 79.0 Å². The van der Waals surface area contributed by atoms with Crippen LogP contribution in [0.2, 0.25) is 0 Å². The smallest absolute Gasteiger partial charge is 0.219 e. The predicted octanol–water partition coefficient (Wildman–Crippen LogP) is -1.76. The SMILES string of the molecule is CC(=O)N1CCN(CC2OCC(N)C2O)CC1. The molecule has 0 aromatic rings. The van der Waals surface area contributed by atoms with E-state index in [1.54, 1.807) is 6.92 Å². The zero-order chi connectivity index (χ0) is 12.4. The van der Waals surface area contributed by atoms with Crippen molar-refractivity contribution >= 4 is 5.91 Å². The lowest BCUT2D eigenvalue weighted by Gasteiger charge is -2.35. The zero-order valence-corrected chi connectivity index (χ0v) is 10.2. The quantitative estimate of drug-likeness (QED) is 0.600. The largest absolute Gasteiger partial charge is 0.389 e. The molecular weight excluding hydrogens is 222 g/mol. The third-order valence-electron chi connectivity index (χ3n) is 3.58. The number of piperazine rings is 1. The second kappa shape index (κ2) is 5.30. The average molecular weight is 243 g/mol. The summed E-state index contributed by atoms with van der Waals surface area (Å²) in [6.45, 7) is 5.90. The molecule has 0 aromatic heterocycles. The van der Waals surface area contributed by atoms with Gasteiger partial charge in [0.15, 0.2) is 0 Å². The Labute approximate surface area is 101 Å². The molecule has 6 nitrogen and oxygen atoms in total. The van der Waals surface area contributed by atoms with Crippen LogP contribution in [-0.4, -0.2) is 78.4 Å². The van der Waals surface area contributed by atoms with Crippen molar-refractivity contribution in [3.8, 4) is 0 Å². The molecule has 2 heterocycles. The van der Waals surface area contributed by atoms with Crippen LogP contribution in [0.4, 0.5) is 0 Å². The van der Waals surface area contributed by atoms with Crippen molar-refractivity contribution in [2.45, 2.75) is 25.2 Å². The van der Waals surface area contributed by atoms with E-state index in [1.807, 2.05) is 4.90 Å². The van der Waals surface area contributed by atoms with Crippen molar-refractivity contribution in [2.24, 2.45) is 5.73 Å². The number of ether oxygens (including phenoxy) is 1. The Balaban J connectivity index is 1.77. The summed E-state index contributed by atoms with van der Waals surface area (Å²) >= 11 is 0. The summed E-state index contributed by atoms with van der Waals surface area (Å²) in [6.07, 6.45) is -0.755. The minimum absolute atomic E-state index is 0.129. The minimum Gasteiger partial charge on any atom is -0.389 e. The van der Waals surface area contributed by atoms with Crippen molar-refractivity contribution in [1.82, 2.24) is 9.80 Å². The number of hydrogen-bond donors (Lipinski definition) is 2. The highest BCUT2D eigenvalue weighted by Gasteiger charge is 2.35. The maximum atomic E-state index is 11.2. The molecule has 3 N–H and O–H groups in total. The molecule has 0 aliphatic carbocycles. The van der Waals surface area contributed by atoms with Crippen molar-refractivity contribution in [3.63, 3.8) is 0 Å². The molecule has 17 heavy (non-hydrogen) atoms. The van der Waals surface area contributed by atoms with E-state index in [4.69, 9.17) is 10.5 Å². The average Bonchev–Trinajstić information content (AvgIpc) is 2.62. The first-order valence-corrected chi connectivity index (χ1v) is 6.11. The summed E-state index contributed by atoms with van der Waals surface area (Å²) in [5, 5.41) is 9.79. The first kappa shape index (κ1) is 12.8. The lowest BCUT2D eigenvalue weighted by atomic mass is 10.1. The van der Waals surface area contributed by atoms with Gasteiger partial charge in [0, 0.05) is 39.6 Å². The number of carbonyl (C=O) groups excluding carboxylic acids is 1. The molecule has 3 atom stereocenters. The summed E-state index contributed by atoms with van der Waals surface area (Å²) in [5.74, 6) is 0.129. The van der Waals surface area contributed by atoms with Crippen molar-refractivity contribution in [2.75, 3.05) is 39.3 Å². The van der Waals surface area contributed by atoms with Crippen LogP contribution in [0.3, 0.4) is 0 Å². The molecule has 6 heteroatoms. The summed E-state index contributed by atoms with van der Waals surface area (Å²) in [7, 11) is 0. The van der Waals surface area contributed by atoms with Gasteiger partial charge < -0.3 is 20.5 Å². The van der Waals surface area contributed by atoms with Crippen LogP contribution in [-0.2, 0) is 9.53 Å². The molecule has 2 saturated heterocycles. The Bertz CT molecular complexity index is 279. The lowest BCUT2D eigenvalue weighted by Crippen LogP contribution is -2.51. The number of aliphatic hydroxyl groups is 1. The summed E-state index contributed by atoms with van der Waals surface area (Å²) in [6, 6.07) is -0.265. The third-order valence-corrected chi connectivity index (χ3v) is 3.58. The Morgan fingerprint density at radius 2 is 2.06 bits per heavy atom.